The number of aliphatic imine (C=N–C) groups is 1. The largest absolute Gasteiger partial charge is 0.469 e. The summed E-state index contributed by atoms with van der Waals surface area (Å²) >= 11 is 1.75. The highest BCUT2D eigenvalue weighted by Crippen LogP contribution is 2.21. The predicted octanol–water partition coefficient (Wildman–Crippen LogP) is 4.79. The fraction of sp³-hybridized carbons (Fsp3) is 0.364. The molecule has 0 saturated carbocycles. The van der Waals surface area contributed by atoms with Crippen LogP contribution in [0, 0.1) is 6.92 Å². The topological polar surface area (TPSA) is 62.5 Å². The zero-order chi connectivity index (χ0) is 19.6. The summed E-state index contributed by atoms with van der Waals surface area (Å²) in [6, 6.07) is 14.4. The predicted molar refractivity (Wildman–Crippen MR) is 132 cm³/mol. The smallest absolute Gasteiger partial charge is 0.191 e. The first kappa shape index (κ1) is 23.4. The van der Waals surface area contributed by atoms with Crippen LogP contribution < -0.4 is 10.6 Å². The molecule has 2 heterocycles. The molecule has 1 aromatic carbocycles. The molecule has 0 aliphatic rings. The van der Waals surface area contributed by atoms with Crippen LogP contribution in [0.1, 0.15) is 34.1 Å². The molecule has 3 rings (SSSR count). The van der Waals surface area contributed by atoms with Gasteiger partial charge in [0.2, 0.25) is 0 Å². The van der Waals surface area contributed by atoms with Crippen LogP contribution in [-0.2, 0) is 12.8 Å². The Morgan fingerprint density at radius 1 is 1.10 bits per heavy atom. The maximum Gasteiger partial charge on any atom is 0.191 e. The third-order valence-electron chi connectivity index (χ3n) is 4.38. The number of thiazole rings is 1. The maximum atomic E-state index is 5.41. The highest BCUT2D eigenvalue weighted by molar-refractivity contribution is 14.0. The number of furan rings is 1. The van der Waals surface area contributed by atoms with E-state index < -0.39 is 0 Å². The second kappa shape index (κ2) is 12.6. The monoisotopic (exact) mass is 524 g/mol. The van der Waals surface area contributed by atoms with Crippen LogP contribution in [0.15, 0.2) is 64.3 Å². The second-order valence-electron chi connectivity index (χ2n) is 6.82. The summed E-state index contributed by atoms with van der Waals surface area (Å²) in [6.07, 6.45) is 5.43. The summed E-state index contributed by atoms with van der Waals surface area (Å²) in [5.74, 6) is 2.11. The number of aryl methyl sites for hydroxylation is 1. The van der Waals surface area contributed by atoms with Crippen LogP contribution in [-0.4, -0.2) is 30.6 Å². The summed E-state index contributed by atoms with van der Waals surface area (Å²) in [4.78, 5) is 10.5. The van der Waals surface area contributed by atoms with E-state index in [9.17, 15) is 0 Å². The van der Waals surface area contributed by atoms with Gasteiger partial charge in [0, 0.05) is 36.5 Å². The Labute approximate surface area is 194 Å². The molecule has 0 saturated heterocycles. The van der Waals surface area contributed by atoms with Crippen LogP contribution in [0.3, 0.4) is 0 Å². The van der Waals surface area contributed by atoms with Crippen molar-refractivity contribution in [1.82, 2.24) is 15.6 Å². The number of rotatable bonds is 9. The van der Waals surface area contributed by atoms with E-state index in [0.717, 1.165) is 42.7 Å². The molecule has 0 radical (unpaired) electrons. The van der Waals surface area contributed by atoms with E-state index in [-0.39, 0.29) is 24.0 Å². The lowest BCUT2D eigenvalue weighted by Crippen LogP contribution is -2.39. The van der Waals surface area contributed by atoms with Crippen LogP contribution >= 0.6 is 35.3 Å². The normalized spacial score (nSPS) is 12.3. The van der Waals surface area contributed by atoms with Gasteiger partial charge in [-0.2, -0.15) is 0 Å². The third kappa shape index (κ3) is 8.18. The molecule has 156 valence electrons. The molecule has 29 heavy (non-hydrogen) atoms. The first-order valence-electron chi connectivity index (χ1n) is 9.71. The van der Waals surface area contributed by atoms with Crippen LogP contribution in [0.25, 0.3) is 0 Å². The summed E-state index contributed by atoms with van der Waals surface area (Å²) in [6.45, 7) is 6.57. The lowest BCUT2D eigenvalue weighted by atomic mass is 10.1. The molecule has 0 spiro atoms. The van der Waals surface area contributed by atoms with Gasteiger partial charge >= 0.3 is 0 Å². The molecule has 0 bridgehead atoms. The molecular weight excluding hydrogens is 495 g/mol. The van der Waals surface area contributed by atoms with Gasteiger partial charge in [0.15, 0.2) is 5.96 Å². The average Bonchev–Trinajstić information content (AvgIpc) is 3.38. The zero-order valence-electron chi connectivity index (χ0n) is 16.9. The van der Waals surface area contributed by atoms with Crippen molar-refractivity contribution >= 4 is 41.3 Å². The van der Waals surface area contributed by atoms with Crippen molar-refractivity contribution in [2.75, 3.05) is 19.6 Å². The van der Waals surface area contributed by atoms with Crippen LogP contribution in [0.5, 0.6) is 0 Å². The van der Waals surface area contributed by atoms with Gasteiger partial charge < -0.3 is 15.1 Å². The summed E-state index contributed by atoms with van der Waals surface area (Å²) in [5, 5.41) is 8.01. The van der Waals surface area contributed by atoms with Gasteiger partial charge in [0.05, 0.1) is 17.8 Å². The Morgan fingerprint density at radius 2 is 1.86 bits per heavy atom. The van der Waals surface area contributed by atoms with Crippen molar-refractivity contribution in [2.45, 2.75) is 32.6 Å². The highest BCUT2D eigenvalue weighted by atomic mass is 127. The lowest BCUT2D eigenvalue weighted by molar-refractivity contribution is 0.506. The van der Waals surface area contributed by atoms with Gasteiger partial charge in [-0.25, -0.2) is 4.98 Å². The Bertz CT molecular complexity index is 849. The third-order valence-corrected chi connectivity index (χ3v) is 5.52. The molecule has 7 heteroatoms. The minimum atomic E-state index is 0. The van der Waals surface area contributed by atoms with E-state index in [0.29, 0.717) is 12.5 Å². The van der Waals surface area contributed by atoms with Gasteiger partial charge in [0.1, 0.15) is 5.76 Å². The number of halogens is 1. The number of nitrogens with one attached hydrogen (secondary N) is 2. The van der Waals surface area contributed by atoms with E-state index in [1.165, 1.54) is 10.4 Å². The SMILES string of the molecule is Cc1cnc(C(C)CN=C(NCCc2ccccc2)NCCc2ccco2)s1.I. The average molecular weight is 524 g/mol. The Balaban J connectivity index is 0.00000300. The fourth-order valence-corrected chi connectivity index (χ4v) is 3.63. The van der Waals surface area contributed by atoms with E-state index in [4.69, 9.17) is 9.41 Å². The molecule has 2 aromatic heterocycles. The summed E-state index contributed by atoms with van der Waals surface area (Å²) in [5.41, 5.74) is 1.32. The van der Waals surface area contributed by atoms with Gasteiger partial charge in [-0.15, -0.1) is 35.3 Å². The van der Waals surface area contributed by atoms with Crippen molar-refractivity contribution < 1.29 is 4.42 Å². The van der Waals surface area contributed by atoms with Crippen LogP contribution in [0.4, 0.5) is 0 Å². The van der Waals surface area contributed by atoms with Crippen molar-refractivity contribution in [1.29, 1.82) is 0 Å². The summed E-state index contributed by atoms with van der Waals surface area (Å²) < 4.78 is 5.41. The van der Waals surface area contributed by atoms with Crippen molar-refractivity contribution in [3.8, 4) is 0 Å². The molecular formula is C22H29IN4OS. The standard InChI is InChI=1S/C22H28N4OS.HI/c1-17(21-25-16-18(2)28-21)15-26-22(24-13-11-20-9-6-14-27-20)23-12-10-19-7-4-3-5-8-19;/h3-9,14,16-17H,10-13,15H2,1-2H3,(H2,23,24,26);1H. The van der Waals surface area contributed by atoms with Crippen LogP contribution in [0.2, 0.25) is 0 Å². The van der Waals surface area contributed by atoms with E-state index in [2.05, 4.69) is 53.7 Å². The maximum absolute atomic E-state index is 5.41. The zero-order valence-corrected chi connectivity index (χ0v) is 20.1. The Kier molecular flexibility index (Phi) is 10.2. The number of hydrogen-bond donors (Lipinski definition) is 2. The fourth-order valence-electron chi connectivity index (χ4n) is 2.81. The van der Waals surface area contributed by atoms with E-state index in [1.807, 2.05) is 24.4 Å². The minimum Gasteiger partial charge on any atom is -0.469 e. The molecule has 5 nitrogen and oxygen atoms in total. The molecule has 0 fully saturated rings. The van der Waals surface area contributed by atoms with E-state index >= 15 is 0 Å². The molecule has 0 aliphatic heterocycles. The molecule has 1 atom stereocenters. The molecule has 0 amide bonds. The number of benzene rings is 1. The highest BCUT2D eigenvalue weighted by Gasteiger charge is 2.10. The second-order valence-corrected chi connectivity index (χ2v) is 8.08. The first-order chi connectivity index (χ1) is 13.7. The van der Waals surface area contributed by atoms with Gasteiger partial charge in [-0.3, -0.25) is 4.99 Å². The van der Waals surface area contributed by atoms with E-state index in [1.54, 1.807) is 17.6 Å². The number of nitrogens with zero attached hydrogens (tertiary/aromatic N) is 2. The lowest BCUT2D eigenvalue weighted by Gasteiger charge is -2.13. The van der Waals surface area contributed by atoms with Gasteiger partial charge in [-0.1, -0.05) is 37.3 Å². The molecule has 0 aliphatic carbocycles. The van der Waals surface area contributed by atoms with Crippen molar-refractivity contribution in [3.63, 3.8) is 0 Å². The van der Waals surface area contributed by atoms with Crippen molar-refractivity contribution in [2.24, 2.45) is 4.99 Å². The quantitative estimate of drug-likeness (QED) is 0.240. The first-order valence-corrected chi connectivity index (χ1v) is 10.5. The molecule has 2 N–H and O–H groups in total. The molecule has 1 unspecified atom stereocenters. The minimum absolute atomic E-state index is 0. The van der Waals surface area contributed by atoms with Crippen molar-refractivity contribution in [3.05, 3.63) is 76.1 Å². The number of guanidine groups is 1. The number of hydrogen-bond acceptors (Lipinski definition) is 4. The Hall–Kier alpha value is -1.87. The Morgan fingerprint density at radius 3 is 2.52 bits per heavy atom. The molecule has 3 aromatic rings. The number of aromatic nitrogens is 1. The summed E-state index contributed by atoms with van der Waals surface area (Å²) in [7, 11) is 0. The van der Waals surface area contributed by atoms with Gasteiger partial charge in [-0.05, 0) is 31.0 Å². The van der Waals surface area contributed by atoms with Gasteiger partial charge in [0.25, 0.3) is 0 Å².